The predicted octanol–water partition coefficient (Wildman–Crippen LogP) is 4.26. The minimum absolute atomic E-state index is 0.266. The molecule has 0 spiro atoms. The van der Waals surface area contributed by atoms with Gasteiger partial charge in [0.05, 0.1) is 7.11 Å². The van der Waals surface area contributed by atoms with Gasteiger partial charge < -0.3 is 15.4 Å². The van der Waals surface area contributed by atoms with Crippen molar-refractivity contribution in [1.29, 1.82) is 0 Å². The molecule has 0 aliphatic rings. The highest BCUT2D eigenvalue weighted by atomic mass is 16.5. The van der Waals surface area contributed by atoms with Crippen LogP contribution < -0.4 is 15.4 Å². The molecule has 2 aromatic carbocycles. The molecule has 0 fully saturated rings. The Labute approximate surface area is 153 Å². The molecule has 0 unspecified atom stereocenters. The van der Waals surface area contributed by atoms with Gasteiger partial charge in [-0.3, -0.25) is 9.78 Å². The SMILES string of the molecule is COc1cccc(NC(=O)c2cc(NCc3ccc(C)cc3)ccn2)c1. The number of methoxy groups -OCH3 is 1. The molecular weight excluding hydrogens is 326 g/mol. The highest BCUT2D eigenvalue weighted by molar-refractivity contribution is 6.03. The van der Waals surface area contributed by atoms with Crippen LogP contribution in [0.2, 0.25) is 0 Å². The number of carbonyl (C=O) groups is 1. The Balaban J connectivity index is 1.65. The zero-order chi connectivity index (χ0) is 18.4. The molecule has 0 saturated heterocycles. The Hall–Kier alpha value is -3.34. The summed E-state index contributed by atoms with van der Waals surface area (Å²) in [5, 5.41) is 6.15. The molecule has 0 saturated carbocycles. The maximum Gasteiger partial charge on any atom is 0.274 e. The fraction of sp³-hybridized carbons (Fsp3) is 0.143. The van der Waals surface area contributed by atoms with Crippen molar-refractivity contribution in [2.45, 2.75) is 13.5 Å². The number of aryl methyl sites for hydroxylation is 1. The molecule has 3 aromatic rings. The average molecular weight is 347 g/mol. The summed E-state index contributed by atoms with van der Waals surface area (Å²) in [4.78, 5) is 16.6. The van der Waals surface area contributed by atoms with Gasteiger partial charge in [-0.05, 0) is 36.8 Å². The van der Waals surface area contributed by atoms with Crippen molar-refractivity contribution in [2.24, 2.45) is 0 Å². The molecule has 0 aliphatic heterocycles. The van der Waals surface area contributed by atoms with Crippen LogP contribution in [0.15, 0.2) is 66.9 Å². The molecule has 26 heavy (non-hydrogen) atoms. The molecule has 1 heterocycles. The quantitative estimate of drug-likeness (QED) is 0.699. The van der Waals surface area contributed by atoms with Crippen molar-refractivity contribution in [3.63, 3.8) is 0 Å². The summed E-state index contributed by atoms with van der Waals surface area (Å²) >= 11 is 0. The zero-order valence-corrected chi connectivity index (χ0v) is 14.8. The first kappa shape index (κ1) is 17.5. The second kappa shape index (κ2) is 8.16. The molecule has 0 radical (unpaired) electrons. The molecule has 0 atom stereocenters. The van der Waals surface area contributed by atoms with Crippen LogP contribution in [0.3, 0.4) is 0 Å². The van der Waals surface area contributed by atoms with E-state index in [2.05, 4.69) is 46.8 Å². The summed E-state index contributed by atoms with van der Waals surface area (Å²) in [6.45, 7) is 2.74. The van der Waals surface area contributed by atoms with E-state index in [1.54, 1.807) is 31.5 Å². The van der Waals surface area contributed by atoms with Gasteiger partial charge in [0.15, 0.2) is 0 Å². The van der Waals surface area contributed by atoms with Gasteiger partial charge in [0.25, 0.3) is 5.91 Å². The van der Waals surface area contributed by atoms with E-state index in [1.807, 2.05) is 18.2 Å². The van der Waals surface area contributed by atoms with Crippen molar-refractivity contribution in [3.8, 4) is 5.75 Å². The first-order valence-electron chi connectivity index (χ1n) is 8.35. The lowest BCUT2D eigenvalue weighted by atomic mass is 10.1. The number of benzene rings is 2. The maximum atomic E-state index is 12.4. The lowest BCUT2D eigenvalue weighted by Crippen LogP contribution is -2.14. The van der Waals surface area contributed by atoms with Crippen LogP contribution in [0.4, 0.5) is 11.4 Å². The number of nitrogens with zero attached hydrogens (tertiary/aromatic N) is 1. The second-order valence-electron chi connectivity index (χ2n) is 5.95. The van der Waals surface area contributed by atoms with Crippen molar-refractivity contribution in [3.05, 3.63) is 83.7 Å². The molecule has 0 aliphatic carbocycles. The van der Waals surface area contributed by atoms with Crippen molar-refractivity contribution < 1.29 is 9.53 Å². The predicted molar refractivity (Wildman–Crippen MR) is 104 cm³/mol. The molecule has 1 aromatic heterocycles. The smallest absolute Gasteiger partial charge is 0.274 e. The molecule has 0 bridgehead atoms. The fourth-order valence-corrected chi connectivity index (χ4v) is 2.47. The van der Waals surface area contributed by atoms with E-state index < -0.39 is 0 Å². The maximum absolute atomic E-state index is 12.4. The summed E-state index contributed by atoms with van der Waals surface area (Å²) in [5.74, 6) is 0.418. The fourth-order valence-electron chi connectivity index (χ4n) is 2.47. The Bertz CT molecular complexity index is 892. The first-order chi connectivity index (χ1) is 12.6. The highest BCUT2D eigenvalue weighted by Gasteiger charge is 2.09. The molecule has 132 valence electrons. The third-order valence-electron chi connectivity index (χ3n) is 3.94. The molecule has 1 amide bonds. The van der Waals surface area contributed by atoms with Crippen LogP contribution in [0.25, 0.3) is 0 Å². The highest BCUT2D eigenvalue weighted by Crippen LogP contribution is 2.18. The number of aromatic nitrogens is 1. The van der Waals surface area contributed by atoms with Crippen LogP contribution in [0, 0.1) is 6.92 Å². The number of nitrogens with one attached hydrogen (secondary N) is 2. The van der Waals surface area contributed by atoms with Crippen LogP contribution in [0.1, 0.15) is 21.6 Å². The van der Waals surface area contributed by atoms with Gasteiger partial charge in [0.1, 0.15) is 11.4 Å². The van der Waals surface area contributed by atoms with Crippen LogP contribution in [-0.4, -0.2) is 18.0 Å². The van der Waals surface area contributed by atoms with Gasteiger partial charge in [-0.15, -0.1) is 0 Å². The Morgan fingerprint density at radius 1 is 1.04 bits per heavy atom. The van der Waals surface area contributed by atoms with Gasteiger partial charge in [-0.1, -0.05) is 35.9 Å². The van der Waals surface area contributed by atoms with E-state index in [0.29, 0.717) is 23.7 Å². The number of ether oxygens (including phenoxy) is 1. The Morgan fingerprint density at radius 2 is 1.85 bits per heavy atom. The number of amides is 1. The van der Waals surface area contributed by atoms with E-state index in [1.165, 1.54) is 11.1 Å². The molecule has 5 heteroatoms. The number of carbonyl (C=O) groups excluding carboxylic acids is 1. The van der Waals surface area contributed by atoms with E-state index in [4.69, 9.17) is 4.74 Å². The minimum atomic E-state index is -0.266. The van der Waals surface area contributed by atoms with Crippen LogP contribution in [0.5, 0.6) is 5.75 Å². The van der Waals surface area contributed by atoms with Gasteiger partial charge >= 0.3 is 0 Å². The third kappa shape index (κ3) is 4.60. The van der Waals surface area contributed by atoms with E-state index in [0.717, 1.165) is 5.69 Å². The minimum Gasteiger partial charge on any atom is -0.497 e. The summed E-state index contributed by atoms with van der Waals surface area (Å²) in [6, 6.07) is 19.1. The molecular formula is C21H21N3O2. The zero-order valence-electron chi connectivity index (χ0n) is 14.8. The first-order valence-corrected chi connectivity index (χ1v) is 8.35. The summed E-state index contributed by atoms with van der Waals surface area (Å²) in [7, 11) is 1.59. The van der Waals surface area contributed by atoms with Crippen LogP contribution >= 0.6 is 0 Å². The van der Waals surface area contributed by atoms with E-state index in [9.17, 15) is 4.79 Å². The molecule has 3 rings (SSSR count). The van der Waals surface area contributed by atoms with Crippen molar-refractivity contribution >= 4 is 17.3 Å². The van der Waals surface area contributed by atoms with E-state index in [-0.39, 0.29) is 5.91 Å². The monoisotopic (exact) mass is 347 g/mol. The van der Waals surface area contributed by atoms with Gasteiger partial charge in [0, 0.05) is 30.2 Å². The molecule has 5 nitrogen and oxygen atoms in total. The second-order valence-corrected chi connectivity index (χ2v) is 5.95. The number of hydrogen-bond acceptors (Lipinski definition) is 4. The van der Waals surface area contributed by atoms with Crippen molar-refractivity contribution in [1.82, 2.24) is 4.98 Å². The van der Waals surface area contributed by atoms with Gasteiger partial charge in [-0.2, -0.15) is 0 Å². The van der Waals surface area contributed by atoms with Crippen LogP contribution in [-0.2, 0) is 6.54 Å². The lowest BCUT2D eigenvalue weighted by Gasteiger charge is -2.09. The third-order valence-corrected chi connectivity index (χ3v) is 3.94. The number of hydrogen-bond donors (Lipinski definition) is 2. The molecule has 2 N–H and O–H groups in total. The topological polar surface area (TPSA) is 63.2 Å². The normalized spacial score (nSPS) is 10.2. The summed E-state index contributed by atoms with van der Waals surface area (Å²) in [5.41, 5.74) is 4.26. The number of rotatable bonds is 6. The van der Waals surface area contributed by atoms with Gasteiger partial charge in [-0.25, -0.2) is 0 Å². The standard InChI is InChI=1S/C21H21N3O2/c1-15-6-8-16(9-7-15)14-23-17-10-11-22-20(13-17)21(25)24-18-4-3-5-19(12-18)26-2/h3-13H,14H2,1-2H3,(H,22,23)(H,24,25). The number of anilines is 2. The lowest BCUT2D eigenvalue weighted by molar-refractivity contribution is 0.102. The average Bonchev–Trinajstić information content (AvgIpc) is 2.68. The number of pyridine rings is 1. The Kier molecular flexibility index (Phi) is 5.49. The largest absolute Gasteiger partial charge is 0.497 e. The van der Waals surface area contributed by atoms with Crippen molar-refractivity contribution in [2.75, 3.05) is 17.7 Å². The summed E-state index contributed by atoms with van der Waals surface area (Å²) < 4.78 is 5.17. The Morgan fingerprint density at radius 3 is 2.62 bits per heavy atom. The summed E-state index contributed by atoms with van der Waals surface area (Å²) in [6.07, 6.45) is 1.62. The van der Waals surface area contributed by atoms with E-state index >= 15 is 0 Å². The van der Waals surface area contributed by atoms with Gasteiger partial charge in [0.2, 0.25) is 0 Å².